The van der Waals surface area contributed by atoms with Crippen LogP contribution < -0.4 is 5.32 Å². The summed E-state index contributed by atoms with van der Waals surface area (Å²) in [5, 5.41) is 8.39. The fourth-order valence-electron chi connectivity index (χ4n) is 11.0. The molecule has 3 heterocycles. The number of nitrogens with zero attached hydrogens (tertiary/aromatic N) is 4. The van der Waals surface area contributed by atoms with Gasteiger partial charge in [-0.3, -0.25) is 4.57 Å². The molecule has 0 radical (unpaired) electrons. The quantitative estimate of drug-likeness (QED) is 0.162. The van der Waals surface area contributed by atoms with Gasteiger partial charge >= 0.3 is 0 Å². The van der Waals surface area contributed by atoms with Gasteiger partial charge in [0.15, 0.2) is 0 Å². The largest absolute Gasteiger partial charge is 0.344 e. The third-order valence-electron chi connectivity index (χ3n) is 14.6. The van der Waals surface area contributed by atoms with Gasteiger partial charge in [-0.05, 0) is 86.0 Å². The molecule has 0 spiro atoms. The van der Waals surface area contributed by atoms with Crippen LogP contribution in [-0.2, 0) is 0 Å². The molecule has 5 heteroatoms. The number of para-hydroxylation sites is 3. The Morgan fingerprint density at radius 3 is 1.34 bits per heavy atom. The second-order valence-electron chi connectivity index (χ2n) is 19.0. The maximum atomic E-state index is 5.61. The van der Waals surface area contributed by atoms with Crippen LogP contribution in [0.3, 0.4) is 0 Å². The molecular weight excluding hydrogens is 899 g/mol. The van der Waals surface area contributed by atoms with Crippen LogP contribution in [0.5, 0.6) is 0 Å². The minimum Gasteiger partial charge on any atom is -0.344 e. The van der Waals surface area contributed by atoms with Gasteiger partial charge in [-0.15, -0.1) is 0 Å². The zero-order chi connectivity index (χ0) is 49.0. The minimum atomic E-state index is -0.438. The van der Waals surface area contributed by atoms with Crippen molar-refractivity contribution in [3.05, 3.63) is 284 Å². The molecule has 0 aliphatic carbocycles. The molecule has 74 heavy (non-hydrogen) atoms. The molecule has 0 saturated heterocycles. The molecular formula is C69H47N5. The van der Waals surface area contributed by atoms with Crippen molar-refractivity contribution in [3.63, 3.8) is 0 Å². The molecule has 5 nitrogen and oxygen atoms in total. The molecule has 1 unspecified atom stereocenters. The maximum Gasteiger partial charge on any atom is 0.234 e. The molecule has 0 bridgehead atoms. The molecule has 1 aliphatic rings. The third kappa shape index (κ3) is 7.49. The summed E-state index contributed by atoms with van der Waals surface area (Å²) in [6, 6.07) is 97.9. The van der Waals surface area contributed by atoms with Crippen molar-refractivity contribution in [1.29, 1.82) is 0 Å². The average molecular weight is 946 g/mol. The fraction of sp³-hybridized carbons (Fsp3) is 0.0145. The Morgan fingerprint density at radius 1 is 0.311 bits per heavy atom. The van der Waals surface area contributed by atoms with Crippen LogP contribution in [0.25, 0.3) is 105 Å². The Labute approximate surface area is 429 Å². The lowest BCUT2D eigenvalue weighted by molar-refractivity contribution is 0.668. The summed E-state index contributed by atoms with van der Waals surface area (Å²) in [4.78, 5) is 11.2. The molecule has 348 valence electrons. The number of aromatic nitrogens is 2. The summed E-state index contributed by atoms with van der Waals surface area (Å²) < 4.78 is 4.80. The van der Waals surface area contributed by atoms with E-state index < -0.39 is 6.17 Å². The second kappa shape index (κ2) is 18.1. The van der Waals surface area contributed by atoms with E-state index in [1.807, 2.05) is 0 Å². The number of nitrogens with one attached hydrogen (secondary N) is 1. The summed E-state index contributed by atoms with van der Waals surface area (Å²) in [5.41, 5.74) is 19.0. The van der Waals surface area contributed by atoms with Crippen LogP contribution in [-0.4, -0.2) is 20.9 Å². The summed E-state index contributed by atoms with van der Waals surface area (Å²) in [5.74, 6) is 1.36. The Morgan fingerprint density at radius 2 is 0.730 bits per heavy atom. The minimum absolute atomic E-state index is 0.438. The summed E-state index contributed by atoms with van der Waals surface area (Å²) >= 11 is 0. The summed E-state index contributed by atoms with van der Waals surface area (Å²) in [6.07, 6.45) is -0.438. The third-order valence-corrected chi connectivity index (χ3v) is 14.6. The second-order valence-corrected chi connectivity index (χ2v) is 19.0. The van der Waals surface area contributed by atoms with Crippen LogP contribution in [0.1, 0.15) is 17.3 Å². The monoisotopic (exact) mass is 945 g/mol. The van der Waals surface area contributed by atoms with E-state index in [4.69, 9.17) is 9.98 Å². The summed E-state index contributed by atoms with van der Waals surface area (Å²) in [6.45, 7) is 0. The van der Waals surface area contributed by atoms with Crippen LogP contribution >= 0.6 is 0 Å². The van der Waals surface area contributed by atoms with Crippen LogP contribution in [0.4, 0.5) is 0 Å². The van der Waals surface area contributed by atoms with Gasteiger partial charge in [-0.25, -0.2) is 4.99 Å². The van der Waals surface area contributed by atoms with E-state index >= 15 is 0 Å². The number of hydrogen-bond donors (Lipinski definition) is 1. The number of aliphatic imine (C=N–C) groups is 2. The molecule has 0 amide bonds. The smallest absolute Gasteiger partial charge is 0.234 e. The first-order valence-electron chi connectivity index (χ1n) is 25.3. The lowest BCUT2D eigenvalue weighted by Gasteiger charge is -2.25. The molecule has 11 aromatic carbocycles. The van der Waals surface area contributed by atoms with Crippen LogP contribution in [0.2, 0.25) is 0 Å². The van der Waals surface area contributed by atoms with E-state index in [0.29, 0.717) is 5.96 Å². The van der Waals surface area contributed by atoms with Crippen molar-refractivity contribution in [2.24, 2.45) is 9.98 Å². The van der Waals surface area contributed by atoms with Gasteiger partial charge in [-0.1, -0.05) is 243 Å². The van der Waals surface area contributed by atoms with Crippen molar-refractivity contribution >= 4 is 55.4 Å². The zero-order valence-corrected chi connectivity index (χ0v) is 40.3. The highest BCUT2D eigenvalue weighted by molar-refractivity contribution is 6.27. The molecule has 1 atom stereocenters. The number of fused-ring (bicyclic) bond motifs is 7. The SMILES string of the molecule is c1ccc(-c2ccc(-c3cccc(-c4ccccc4-n4c5ccccc5c5ccc6c7ccccc7n(C7=NC(c8ccc(-c9ccccc9)cc8)NC(c8cccc(-c9ccccc9)c8)=N7)c6c54)c3)cc2)cc1. The van der Waals surface area contributed by atoms with E-state index in [0.717, 1.165) is 94.3 Å². The molecule has 1 aliphatic heterocycles. The van der Waals surface area contributed by atoms with Crippen LogP contribution in [0.15, 0.2) is 283 Å². The van der Waals surface area contributed by atoms with E-state index in [-0.39, 0.29) is 0 Å². The Hall–Kier alpha value is -9.84. The van der Waals surface area contributed by atoms with E-state index in [1.165, 1.54) is 27.6 Å². The first kappa shape index (κ1) is 43.0. The fourth-order valence-corrected chi connectivity index (χ4v) is 11.0. The molecule has 13 aromatic rings. The molecule has 2 aromatic heterocycles. The van der Waals surface area contributed by atoms with Gasteiger partial charge in [0.1, 0.15) is 12.0 Å². The van der Waals surface area contributed by atoms with Crippen molar-refractivity contribution in [2.45, 2.75) is 6.17 Å². The highest BCUT2D eigenvalue weighted by Gasteiger charge is 2.27. The Kier molecular flexibility index (Phi) is 10.5. The maximum absolute atomic E-state index is 5.61. The van der Waals surface area contributed by atoms with Gasteiger partial charge in [0.25, 0.3) is 0 Å². The lowest BCUT2D eigenvalue weighted by Crippen LogP contribution is -2.35. The van der Waals surface area contributed by atoms with Crippen molar-refractivity contribution in [3.8, 4) is 61.3 Å². The Bertz CT molecular complexity index is 4300. The molecule has 1 N–H and O–H groups in total. The summed E-state index contributed by atoms with van der Waals surface area (Å²) in [7, 11) is 0. The molecule has 0 saturated carbocycles. The average Bonchev–Trinajstić information content (AvgIpc) is 4.05. The number of amidine groups is 1. The van der Waals surface area contributed by atoms with Gasteiger partial charge in [0, 0.05) is 32.7 Å². The standard InChI is InChI=1S/C69H47N5/c1-4-18-46(19-5-1)49-34-36-51(37-35-49)53-24-16-26-55(44-53)57-28-10-13-31-62(57)73-63-32-14-11-29-58(63)60-42-43-61-59-30-12-15-33-64(59)74(66(61)65(60)73)69-71-67(52-40-38-50(39-41-52)47-20-6-2-7-21-47)70-68(72-69)56-27-17-25-54(45-56)48-22-8-3-9-23-48/h1-45,67H,(H,70,71,72). The number of rotatable bonds is 8. The van der Waals surface area contributed by atoms with Gasteiger partial charge < -0.3 is 9.88 Å². The van der Waals surface area contributed by atoms with Gasteiger partial charge in [0.2, 0.25) is 5.96 Å². The number of benzene rings is 11. The van der Waals surface area contributed by atoms with Crippen molar-refractivity contribution < 1.29 is 0 Å². The molecule has 14 rings (SSSR count). The van der Waals surface area contributed by atoms with Crippen molar-refractivity contribution in [2.75, 3.05) is 0 Å². The first-order valence-corrected chi connectivity index (χ1v) is 25.3. The highest BCUT2D eigenvalue weighted by Crippen LogP contribution is 2.43. The van der Waals surface area contributed by atoms with Crippen LogP contribution in [0, 0.1) is 0 Å². The van der Waals surface area contributed by atoms with E-state index in [2.05, 4.69) is 287 Å². The predicted molar refractivity (Wildman–Crippen MR) is 309 cm³/mol. The van der Waals surface area contributed by atoms with Crippen molar-refractivity contribution in [1.82, 2.24) is 14.5 Å². The molecule has 0 fully saturated rings. The first-order chi connectivity index (χ1) is 36.7. The number of hydrogen-bond acceptors (Lipinski definition) is 3. The zero-order valence-electron chi connectivity index (χ0n) is 40.3. The topological polar surface area (TPSA) is 46.6 Å². The highest BCUT2D eigenvalue weighted by atomic mass is 15.3. The van der Waals surface area contributed by atoms with Gasteiger partial charge in [-0.2, -0.15) is 4.99 Å². The normalized spacial score (nSPS) is 13.5. The lowest BCUT2D eigenvalue weighted by atomic mass is 9.96. The Balaban J connectivity index is 0.982. The van der Waals surface area contributed by atoms with E-state index in [1.54, 1.807) is 0 Å². The predicted octanol–water partition coefficient (Wildman–Crippen LogP) is 17.2. The van der Waals surface area contributed by atoms with Gasteiger partial charge in [0.05, 0.1) is 27.8 Å². The van der Waals surface area contributed by atoms with E-state index in [9.17, 15) is 0 Å².